The molecule has 1 atom stereocenters. The van der Waals surface area contributed by atoms with Gasteiger partial charge in [-0.2, -0.15) is 4.31 Å². The van der Waals surface area contributed by atoms with Gasteiger partial charge >= 0.3 is 0 Å². The van der Waals surface area contributed by atoms with E-state index in [1.165, 1.54) is 16.6 Å². The first-order chi connectivity index (χ1) is 8.96. The maximum atomic E-state index is 12.5. The molecule has 5 nitrogen and oxygen atoms in total. The molecule has 1 aromatic heterocycles. The minimum absolute atomic E-state index is 0.0391. The molecular formula is C12H18ClN3O2S. The molecule has 0 saturated carbocycles. The van der Waals surface area contributed by atoms with Crippen LogP contribution in [0, 0.1) is 0 Å². The van der Waals surface area contributed by atoms with Gasteiger partial charge in [0.1, 0.15) is 10.7 Å². The molecule has 2 rings (SSSR count). The summed E-state index contributed by atoms with van der Waals surface area (Å²) in [5.41, 5.74) is 0. The zero-order chi connectivity index (χ0) is 14.0. The predicted molar refractivity (Wildman–Crippen MR) is 76.0 cm³/mol. The molecule has 19 heavy (non-hydrogen) atoms. The van der Waals surface area contributed by atoms with Crippen molar-refractivity contribution in [1.82, 2.24) is 9.29 Å². The number of nitrogens with zero attached hydrogens (tertiary/aromatic N) is 2. The van der Waals surface area contributed by atoms with Crippen molar-refractivity contribution >= 4 is 27.4 Å². The number of pyridine rings is 1. The van der Waals surface area contributed by atoms with Gasteiger partial charge in [-0.3, -0.25) is 0 Å². The minimum Gasteiger partial charge on any atom is -0.369 e. The lowest BCUT2D eigenvalue weighted by Crippen LogP contribution is -2.33. The first kappa shape index (κ1) is 14.6. The highest BCUT2D eigenvalue weighted by atomic mass is 35.5. The highest BCUT2D eigenvalue weighted by molar-refractivity contribution is 7.89. The summed E-state index contributed by atoms with van der Waals surface area (Å²) in [6, 6.07) is 1.50. The summed E-state index contributed by atoms with van der Waals surface area (Å²) in [5, 5.41) is 3.31. The molecule has 0 aliphatic carbocycles. The topological polar surface area (TPSA) is 62.3 Å². The zero-order valence-corrected chi connectivity index (χ0v) is 12.6. The van der Waals surface area contributed by atoms with Gasteiger partial charge in [0.2, 0.25) is 10.0 Å². The van der Waals surface area contributed by atoms with Gasteiger partial charge in [0.25, 0.3) is 0 Å². The van der Waals surface area contributed by atoms with Crippen LogP contribution in [0.4, 0.5) is 5.82 Å². The number of anilines is 1. The maximum absolute atomic E-state index is 12.5. The highest BCUT2D eigenvalue weighted by Gasteiger charge is 2.33. The average Bonchev–Trinajstić information content (AvgIpc) is 2.79. The smallest absolute Gasteiger partial charge is 0.244 e. The Balaban J connectivity index is 2.33. The molecule has 1 fully saturated rings. The van der Waals surface area contributed by atoms with Crippen molar-refractivity contribution in [2.24, 2.45) is 0 Å². The highest BCUT2D eigenvalue weighted by Crippen LogP contribution is 2.28. The molecule has 0 radical (unpaired) electrons. The lowest BCUT2D eigenvalue weighted by Gasteiger charge is -2.21. The lowest BCUT2D eigenvalue weighted by molar-refractivity contribution is 0.408. The normalized spacial score (nSPS) is 20.7. The number of nitrogens with one attached hydrogen (secondary N) is 1. The van der Waals surface area contributed by atoms with Crippen LogP contribution < -0.4 is 5.32 Å². The average molecular weight is 304 g/mol. The third-order valence-electron chi connectivity index (χ3n) is 3.26. The molecule has 0 aromatic carbocycles. The van der Waals surface area contributed by atoms with Crippen LogP contribution in [0.1, 0.15) is 26.7 Å². The number of hydrogen-bond acceptors (Lipinski definition) is 4. The summed E-state index contributed by atoms with van der Waals surface area (Å²) in [6.07, 6.45) is 3.16. The second kappa shape index (κ2) is 5.64. The Bertz CT molecular complexity index is 562. The summed E-state index contributed by atoms with van der Waals surface area (Å²) in [4.78, 5) is 4.24. The molecule has 0 bridgehead atoms. The summed E-state index contributed by atoms with van der Waals surface area (Å²) in [6.45, 7) is 5.10. The fraction of sp³-hybridized carbons (Fsp3) is 0.583. The van der Waals surface area contributed by atoms with E-state index in [4.69, 9.17) is 11.6 Å². The summed E-state index contributed by atoms with van der Waals surface area (Å²) < 4.78 is 26.5. The molecule has 1 saturated heterocycles. The van der Waals surface area contributed by atoms with E-state index in [-0.39, 0.29) is 10.9 Å². The second-order valence-corrected chi connectivity index (χ2v) is 6.94. The predicted octanol–water partition coefficient (Wildman–Crippen LogP) is 2.34. The van der Waals surface area contributed by atoms with E-state index in [1.807, 2.05) is 13.8 Å². The molecule has 1 N–H and O–H groups in total. The quantitative estimate of drug-likeness (QED) is 0.927. The van der Waals surface area contributed by atoms with E-state index < -0.39 is 10.0 Å². The van der Waals surface area contributed by atoms with Crippen LogP contribution in [0.25, 0.3) is 0 Å². The maximum Gasteiger partial charge on any atom is 0.244 e. The van der Waals surface area contributed by atoms with Gasteiger partial charge in [0, 0.05) is 25.3 Å². The molecule has 0 amide bonds. The van der Waals surface area contributed by atoms with Crippen LogP contribution in [0.3, 0.4) is 0 Å². The standard InChI is InChI=1S/C12H18ClN3O2S/c1-3-14-12-11(13)7-10(8-15-12)19(17,18)16-6-4-5-9(16)2/h7-9H,3-6H2,1-2H3,(H,14,15). The zero-order valence-electron chi connectivity index (χ0n) is 11.1. The van der Waals surface area contributed by atoms with E-state index in [9.17, 15) is 8.42 Å². The molecule has 1 aromatic rings. The van der Waals surface area contributed by atoms with Crippen molar-refractivity contribution < 1.29 is 8.42 Å². The second-order valence-electron chi connectivity index (χ2n) is 4.64. The van der Waals surface area contributed by atoms with E-state index in [0.717, 1.165) is 12.8 Å². The monoisotopic (exact) mass is 303 g/mol. The molecule has 2 heterocycles. The number of aromatic nitrogens is 1. The number of sulfonamides is 1. The van der Waals surface area contributed by atoms with E-state index in [1.54, 1.807) is 0 Å². The van der Waals surface area contributed by atoms with E-state index >= 15 is 0 Å². The van der Waals surface area contributed by atoms with Crippen LogP contribution in [-0.4, -0.2) is 36.8 Å². The van der Waals surface area contributed by atoms with Gasteiger partial charge < -0.3 is 5.32 Å². The Morgan fingerprint density at radius 3 is 2.84 bits per heavy atom. The SMILES string of the molecule is CCNc1ncc(S(=O)(=O)N2CCCC2C)cc1Cl. The first-order valence-electron chi connectivity index (χ1n) is 6.38. The summed E-state index contributed by atoms with van der Waals surface area (Å²) in [7, 11) is -3.48. The van der Waals surface area contributed by atoms with Gasteiger partial charge in [-0.1, -0.05) is 11.6 Å². The molecule has 0 spiro atoms. The Labute approximate surface area is 119 Å². The van der Waals surface area contributed by atoms with Gasteiger partial charge in [0.15, 0.2) is 0 Å². The summed E-state index contributed by atoms with van der Waals surface area (Å²) >= 11 is 6.05. The fourth-order valence-electron chi connectivity index (χ4n) is 2.26. The van der Waals surface area contributed by atoms with Crippen molar-refractivity contribution in [3.8, 4) is 0 Å². The summed E-state index contributed by atoms with van der Waals surface area (Å²) in [5.74, 6) is 0.512. The van der Waals surface area contributed by atoms with Gasteiger partial charge in [-0.25, -0.2) is 13.4 Å². The van der Waals surface area contributed by atoms with Gasteiger partial charge in [0.05, 0.1) is 5.02 Å². The third-order valence-corrected chi connectivity index (χ3v) is 5.53. The van der Waals surface area contributed by atoms with Crippen LogP contribution in [0.2, 0.25) is 5.02 Å². The molecule has 1 aliphatic rings. The Hall–Kier alpha value is -0.850. The Morgan fingerprint density at radius 2 is 2.32 bits per heavy atom. The number of rotatable bonds is 4. The molecule has 106 valence electrons. The van der Waals surface area contributed by atoms with E-state index in [2.05, 4.69) is 10.3 Å². The van der Waals surface area contributed by atoms with Crippen LogP contribution in [0.15, 0.2) is 17.2 Å². The van der Waals surface area contributed by atoms with Crippen molar-refractivity contribution in [1.29, 1.82) is 0 Å². The van der Waals surface area contributed by atoms with Crippen molar-refractivity contribution in [2.75, 3.05) is 18.4 Å². The Morgan fingerprint density at radius 1 is 1.58 bits per heavy atom. The van der Waals surface area contributed by atoms with Crippen LogP contribution in [0.5, 0.6) is 0 Å². The van der Waals surface area contributed by atoms with Gasteiger partial charge in [-0.15, -0.1) is 0 Å². The van der Waals surface area contributed by atoms with Crippen molar-refractivity contribution in [3.05, 3.63) is 17.3 Å². The van der Waals surface area contributed by atoms with Gasteiger partial charge in [-0.05, 0) is 32.8 Å². The largest absolute Gasteiger partial charge is 0.369 e. The lowest BCUT2D eigenvalue weighted by atomic mass is 10.3. The molecule has 1 unspecified atom stereocenters. The number of hydrogen-bond donors (Lipinski definition) is 1. The third kappa shape index (κ3) is 2.85. The van der Waals surface area contributed by atoms with Crippen LogP contribution >= 0.6 is 11.6 Å². The van der Waals surface area contributed by atoms with Crippen molar-refractivity contribution in [3.63, 3.8) is 0 Å². The molecular weight excluding hydrogens is 286 g/mol. The fourth-order valence-corrected chi connectivity index (χ4v) is 4.23. The first-order valence-corrected chi connectivity index (χ1v) is 8.20. The molecule has 1 aliphatic heterocycles. The van der Waals surface area contributed by atoms with Crippen LogP contribution in [-0.2, 0) is 10.0 Å². The number of halogens is 1. The molecule has 7 heteroatoms. The van der Waals surface area contributed by atoms with E-state index in [0.29, 0.717) is 23.9 Å². The Kier molecular flexibility index (Phi) is 4.32. The minimum atomic E-state index is -3.48. The van der Waals surface area contributed by atoms with Crippen molar-refractivity contribution in [2.45, 2.75) is 37.6 Å².